The number of rotatable bonds is 2. The summed E-state index contributed by atoms with van der Waals surface area (Å²) in [6, 6.07) is 0. The van der Waals surface area contributed by atoms with Crippen molar-refractivity contribution in [2.24, 2.45) is 0 Å². The first-order chi connectivity index (χ1) is 11.0. The van der Waals surface area contributed by atoms with Crippen LogP contribution < -0.4 is 34.7 Å². The summed E-state index contributed by atoms with van der Waals surface area (Å²) in [5.41, 5.74) is 0.990. The molecule has 1 fully saturated rings. The molecule has 8 nitrogen and oxygen atoms in total. The maximum absolute atomic E-state index is 12.1. The van der Waals surface area contributed by atoms with Crippen LogP contribution in [0.25, 0.3) is 6.08 Å². The van der Waals surface area contributed by atoms with Gasteiger partial charge < -0.3 is 19.4 Å². The second kappa shape index (κ2) is 6.07. The van der Waals surface area contributed by atoms with E-state index in [4.69, 9.17) is 0 Å². The Balaban J connectivity index is 0.00000169. The SMILES string of the molecule is CN1Cc2nc(/C=C3\C(=O)N4C(C(=O)[O-])=CS[C@H]34)cn2CC1=O.[Na+]. The molecule has 0 saturated carbocycles. The summed E-state index contributed by atoms with van der Waals surface area (Å²) < 4.78 is 1.77. The largest absolute Gasteiger partial charge is 1.00 e. The summed E-state index contributed by atoms with van der Waals surface area (Å²) in [4.78, 5) is 42.0. The van der Waals surface area contributed by atoms with Gasteiger partial charge in [0.15, 0.2) is 0 Å². The molecule has 1 atom stereocenters. The number of carboxylic acids is 1. The fourth-order valence-electron chi connectivity index (χ4n) is 2.79. The third-order valence-electron chi connectivity index (χ3n) is 4.03. The van der Waals surface area contributed by atoms with Crippen LogP contribution in [0.5, 0.6) is 0 Å². The summed E-state index contributed by atoms with van der Waals surface area (Å²) >= 11 is 1.25. The van der Waals surface area contributed by atoms with Crippen molar-refractivity contribution in [2.45, 2.75) is 18.5 Å². The van der Waals surface area contributed by atoms with Crippen molar-refractivity contribution in [2.75, 3.05) is 7.05 Å². The Morgan fingerprint density at radius 1 is 1.42 bits per heavy atom. The van der Waals surface area contributed by atoms with Gasteiger partial charge in [-0.05, 0) is 11.5 Å². The molecule has 4 heterocycles. The van der Waals surface area contributed by atoms with Gasteiger partial charge >= 0.3 is 29.6 Å². The van der Waals surface area contributed by atoms with E-state index in [0.717, 1.165) is 5.82 Å². The van der Waals surface area contributed by atoms with Gasteiger partial charge in [-0.2, -0.15) is 0 Å². The van der Waals surface area contributed by atoms with E-state index in [2.05, 4.69) is 4.98 Å². The van der Waals surface area contributed by atoms with Crippen molar-refractivity contribution >= 4 is 35.6 Å². The average Bonchev–Trinajstić information content (AvgIpc) is 3.06. The van der Waals surface area contributed by atoms with Gasteiger partial charge in [-0.15, -0.1) is 11.8 Å². The molecule has 1 saturated heterocycles. The molecule has 1 aromatic rings. The van der Waals surface area contributed by atoms with Crippen molar-refractivity contribution in [3.8, 4) is 0 Å². The Morgan fingerprint density at radius 2 is 2.17 bits per heavy atom. The van der Waals surface area contributed by atoms with Crippen LogP contribution in [0.2, 0.25) is 0 Å². The first-order valence-corrected chi connectivity index (χ1v) is 7.82. The molecule has 0 spiro atoms. The van der Waals surface area contributed by atoms with Gasteiger partial charge in [-0.1, -0.05) is 0 Å². The molecule has 2 amide bonds. The molecule has 1 aromatic heterocycles. The Bertz CT molecular complexity index is 831. The molecular weight excluding hydrogens is 343 g/mol. The van der Waals surface area contributed by atoms with Crippen LogP contribution in [-0.4, -0.2) is 49.6 Å². The monoisotopic (exact) mass is 354 g/mol. The predicted octanol–water partition coefficient (Wildman–Crippen LogP) is -4.25. The van der Waals surface area contributed by atoms with Gasteiger partial charge in [0.1, 0.15) is 17.7 Å². The average molecular weight is 354 g/mol. The number of aliphatic carboxylic acids is 1. The third kappa shape index (κ3) is 2.52. The van der Waals surface area contributed by atoms with Crippen LogP contribution in [0, 0.1) is 0 Å². The van der Waals surface area contributed by atoms with Crippen LogP contribution in [-0.2, 0) is 27.5 Å². The van der Waals surface area contributed by atoms with E-state index in [1.54, 1.807) is 28.8 Å². The van der Waals surface area contributed by atoms with Crippen molar-refractivity contribution < 1.29 is 49.0 Å². The fraction of sp³-hybridized carbons (Fsp3) is 0.286. The number of amides is 2. The zero-order valence-electron chi connectivity index (χ0n) is 13.1. The first-order valence-electron chi connectivity index (χ1n) is 6.88. The van der Waals surface area contributed by atoms with Crippen LogP contribution >= 0.6 is 11.8 Å². The fourth-order valence-corrected chi connectivity index (χ4v) is 3.91. The minimum atomic E-state index is -1.36. The number of imidazole rings is 1. The number of nitrogens with zero attached hydrogens (tertiary/aromatic N) is 4. The molecule has 0 bridgehead atoms. The summed E-state index contributed by atoms with van der Waals surface area (Å²) in [6.45, 7) is 0.660. The van der Waals surface area contributed by atoms with Crippen molar-refractivity contribution in [3.05, 3.63) is 34.4 Å². The Kier molecular flexibility index (Phi) is 4.37. The van der Waals surface area contributed by atoms with Gasteiger partial charge in [-0.25, -0.2) is 4.98 Å². The number of carbonyl (C=O) groups excluding carboxylic acids is 3. The van der Waals surface area contributed by atoms with Crippen LogP contribution in [0.15, 0.2) is 22.9 Å². The second-order valence-corrected chi connectivity index (χ2v) is 6.47. The molecule has 4 rings (SSSR count). The zero-order chi connectivity index (χ0) is 16.3. The topological polar surface area (TPSA) is 98.6 Å². The number of thioether (sulfide) groups is 1. The Hall–Kier alpha value is -1.55. The van der Waals surface area contributed by atoms with E-state index in [1.165, 1.54) is 22.1 Å². The van der Waals surface area contributed by atoms with E-state index in [0.29, 0.717) is 17.8 Å². The van der Waals surface area contributed by atoms with Crippen LogP contribution in [0.4, 0.5) is 0 Å². The van der Waals surface area contributed by atoms with E-state index in [9.17, 15) is 19.5 Å². The second-order valence-electron chi connectivity index (χ2n) is 5.51. The summed E-state index contributed by atoms with van der Waals surface area (Å²) in [5.74, 6) is -0.939. The molecule has 3 aliphatic rings. The molecule has 0 radical (unpaired) electrons. The molecule has 24 heavy (non-hydrogen) atoms. The molecule has 3 aliphatic heterocycles. The molecule has 0 unspecified atom stereocenters. The standard InChI is InChI=1S/C14H12N4O4S.Na/c1-16-4-10-15-7(3-17(10)5-11(16)19)2-8-12(20)18-9(14(21)22)6-23-13(8)18;/h2-3,6,13H,4-5H2,1H3,(H,21,22);/q;+1/p-1/b8-2+;/t13-;/m1./s1. The number of carbonyl (C=O) groups is 3. The number of hydrogen-bond acceptors (Lipinski definition) is 6. The predicted molar refractivity (Wildman–Crippen MR) is 78.0 cm³/mol. The molecule has 0 aromatic carbocycles. The van der Waals surface area contributed by atoms with E-state index in [1.807, 2.05) is 0 Å². The van der Waals surface area contributed by atoms with E-state index < -0.39 is 5.97 Å². The number of β-lactam (4-membered cyclic amide) rings is 1. The number of hydrogen-bond donors (Lipinski definition) is 0. The number of carboxylic acid groups (broad SMARTS) is 1. The van der Waals surface area contributed by atoms with Crippen LogP contribution in [0.3, 0.4) is 0 Å². The van der Waals surface area contributed by atoms with E-state index in [-0.39, 0.29) is 59.0 Å². The van der Waals surface area contributed by atoms with Crippen molar-refractivity contribution in [1.82, 2.24) is 19.4 Å². The van der Waals surface area contributed by atoms with Gasteiger partial charge in [0.2, 0.25) is 5.91 Å². The third-order valence-corrected chi connectivity index (χ3v) is 5.12. The quantitative estimate of drug-likeness (QED) is 0.303. The molecule has 118 valence electrons. The van der Waals surface area contributed by atoms with Crippen LogP contribution in [0.1, 0.15) is 11.5 Å². The van der Waals surface area contributed by atoms with Crippen molar-refractivity contribution in [1.29, 1.82) is 0 Å². The summed E-state index contributed by atoms with van der Waals surface area (Å²) in [6.07, 6.45) is 3.38. The van der Waals surface area contributed by atoms with Gasteiger partial charge in [0.05, 0.1) is 29.5 Å². The minimum Gasteiger partial charge on any atom is -0.543 e. The van der Waals surface area contributed by atoms with Gasteiger partial charge in [-0.3, -0.25) is 14.5 Å². The number of likely N-dealkylation sites (N-methyl/N-ethyl adjacent to an activating group) is 1. The molecule has 0 aliphatic carbocycles. The number of fused-ring (bicyclic) bond motifs is 2. The first kappa shape index (κ1) is 17.3. The number of aromatic nitrogens is 2. The molecule has 10 heteroatoms. The smallest absolute Gasteiger partial charge is 0.543 e. The van der Waals surface area contributed by atoms with E-state index >= 15 is 0 Å². The molecule has 0 N–H and O–H groups in total. The Labute approximate surface area is 163 Å². The maximum Gasteiger partial charge on any atom is 1.00 e. The minimum absolute atomic E-state index is 0. The van der Waals surface area contributed by atoms with Crippen molar-refractivity contribution in [3.63, 3.8) is 0 Å². The van der Waals surface area contributed by atoms with Gasteiger partial charge in [0, 0.05) is 13.2 Å². The molecular formula is C14H11N4NaO4S. The summed E-state index contributed by atoms with van der Waals surface area (Å²) in [7, 11) is 1.72. The normalized spacial score (nSPS) is 23.5. The zero-order valence-corrected chi connectivity index (χ0v) is 15.9. The Morgan fingerprint density at radius 3 is 2.88 bits per heavy atom. The van der Waals surface area contributed by atoms with Gasteiger partial charge in [0.25, 0.3) is 5.91 Å². The summed E-state index contributed by atoms with van der Waals surface area (Å²) in [5, 5.41) is 12.0. The maximum atomic E-state index is 12.1.